The maximum absolute atomic E-state index is 3.78. The summed E-state index contributed by atoms with van der Waals surface area (Å²) in [5.41, 5.74) is 4.89. The summed E-state index contributed by atoms with van der Waals surface area (Å²) in [6, 6.07) is 8.28. The standard InChI is InChI=1S/C13H17N/c1-5-10(2)11(3)12-8-6-7-9-13(12)14-4/h5-9,14H,1H2,2-4H3/b11-10+. The molecule has 0 aliphatic heterocycles. The summed E-state index contributed by atoms with van der Waals surface area (Å²) in [4.78, 5) is 0. The molecule has 1 aromatic carbocycles. The van der Waals surface area contributed by atoms with Gasteiger partial charge in [-0.2, -0.15) is 0 Å². The van der Waals surface area contributed by atoms with Crippen LogP contribution in [-0.4, -0.2) is 7.05 Å². The lowest BCUT2D eigenvalue weighted by Crippen LogP contribution is -1.94. The smallest absolute Gasteiger partial charge is 0.0413 e. The maximum Gasteiger partial charge on any atom is 0.0413 e. The van der Waals surface area contributed by atoms with Crippen molar-refractivity contribution in [3.05, 3.63) is 48.1 Å². The van der Waals surface area contributed by atoms with Gasteiger partial charge in [0.2, 0.25) is 0 Å². The van der Waals surface area contributed by atoms with E-state index in [0.29, 0.717) is 0 Å². The van der Waals surface area contributed by atoms with E-state index in [1.165, 1.54) is 16.7 Å². The van der Waals surface area contributed by atoms with Gasteiger partial charge in [0, 0.05) is 18.3 Å². The van der Waals surface area contributed by atoms with Crippen LogP contribution in [0, 0.1) is 0 Å². The molecule has 0 atom stereocenters. The first-order chi connectivity index (χ1) is 6.70. The third-order valence-electron chi connectivity index (χ3n) is 2.50. The van der Waals surface area contributed by atoms with Crippen molar-refractivity contribution >= 4 is 11.3 Å². The van der Waals surface area contributed by atoms with Gasteiger partial charge < -0.3 is 5.32 Å². The SMILES string of the molecule is C=C/C(C)=C(\C)c1ccccc1NC. The Kier molecular flexibility index (Phi) is 3.52. The summed E-state index contributed by atoms with van der Waals surface area (Å²) in [7, 11) is 1.94. The quantitative estimate of drug-likeness (QED) is 0.711. The Labute approximate surface area is 86.2 Å². The predicted molar refractivity (Wildman–Crippen MR) is 64.5 cm³/mol. The molecule has 0 radical (unpaired) electrons. The molecular formula is C13H17N. The minimum atomic E-state index is 1.16. The van der Waals surface area contributed by atoms with Gasteiger partial charge in [0.05, 0.1) is 0 Å². The summed E-state index contributed by atoms with van der Waals surface area (Å²) in [6.07, 6.45) is 1.89. The van der Waals surface area contributed by atoms with E-state index in [-0.39, 0.29) is 0 Å². The lowest BCUT2D eigenvalue weighted by molar-refractivity contribution is 1.42. The molecule has 0 heterocycles. The molecule has 0 bridgehead atoms. The molecule has 0 amide bonds. The zero-order chi connectivity index (χ0) is 10.6. The molecule has 1 aromatic rings. The van der Waals surface area contributed by atoms with Crippen molar-refractivity contribution in [2.75, 3.05) is 12.4 Å². The summed E-state index contributed by atoms with van der Waals surface area (Å²) in [6.45, 7) is 7.98. The normalized spacial score (nSPS) is 11.9. The molecular weight excluding hydrogens is 170 g/mol. The fraction of sp³-hybridized carbons (Fsp3) is 0.231. The first-order valence-corrected chi connectivity index (χ1v) is 4.77. The van der Waals surface area contributed by atoms with Crippen LogP contribution >= 0.6 is 0 Å². The molecule has 74 valence electrons. The second-order valence-electron chi connectivity index (χ2n) is 3.31. The van der Waals surface area contributed by atoms with Crippen LogP contribution in [0.1, 0.15) is 19.4 Å². The van der Waals surface area contributed by atoms with E-state index in [9.17, 15) is 0 Å². The number of para-hydroxylation sites is 1. The first-order valence-electron chi connectivity index (χ1n) is 4.77. The predicted octanol–water partition coefficient (Wildman–Crippen LogP) is 3.71. The lowest BCUT2D eigenvalue weighted by atomic mass is 10.0. The molecule has 0 saturated heterocycles. The number of rotatable bonds is 3. The van der Waals surface area contributed by atoms with Gasteiger partial charge in [-0.25, -0.2) is 0 Å². The fourth-order valence-electron chi connectivity index (χ4n) is 1.39. The average molecular weight is 187 g/mol. The van der Waals surface area contributed by atoms with E-state index >= 15 is 0 Å². The molecule has 1 heteroatoms. The Morgan fingerprint density at radius 2 is 1.93 bits per heavy atom. The summed E-state index contributed by atoms with van der Waals surface area (Å²) < 4.78 is 0. The van der Waals surface area contributed by atoms with E-state index in [1.807, 2.05) is 19.2 Å². The van der Waals surface area contributed by atoms with Gasteiger partial charge in [0.1, 0.15) is 0 Å². The number of hydrogen-bond acceptors (Lipinski definition) is 1. The Hall–Kier alpha value is -1.50. The van der Waals surface area contributed by atoms with Crippen LogP contribution in [0.4, 0.5) is 5.69 Å². The van der Waals surface area contributed by atoms with Crippen molar-refractivity contribution in [1.82, 2.24) is 0 Å². The van der Waals surface area contributed by atoms with E-state index in [0.717, 1.165) is 5.69 Å². The number of allylic oxidation sites excluding steroid dienone is 3. The molecule has 0 aromatic heterocycles. The van der Waals surface area contributed by atoms with Crippen LogP contribution in [0.2, 0.25) is 0 Å². The van der Waals surface area contributed by atoms with Gasteiger partial charge in [-0.05, 0) is 31.1 Å². The minimum Gasteiger partial charge on any atom is -0.388 e. The number of anilines is 1. The Morgan fingerprint density at radius 1 is 1.29 bits per heavy atom. The molecule has 0 spiro atoms. The van der Waals surface area contributed by atoms with Crippen molar-refractivity contribution in [3.63, 3.8) is 0 Å². The highest BCUT2D eigenvalue weighted by Crippen LogP contribution is 2.25. The van der Waals surface area contributed by atoms with Gasteiger partial charge >= 0.3 is 0 Å². The summed E-state index contributed by atoms with van der Waals surface area (Å²) in [5, 5.41) is 3.19. The van der Waals surface area contributed by atoms with E-state index < -0.39 is 0 Å². The molecule has 0 aliphatic rings. The Balaban J connectivity index is 3.25. The van der Waals surface area contributed by atoms with Crippen molar-refractivity contribution in [2.24, 2.45) is 0 Å². The highest BCUT2D eigenvalue weighted by Gasteiger charge is 2.02. The summed E-state index contributed by atoms with van der Waals surface area (Å²) in [5.74, 6) is 0. The lowest BCUT2D eigenvalue weighted by Gasteiger charge is -2.10. The third kappa shape index (κ3) is 2.05. The number of benzene rings is 1. The van der Waals surface area contributed by atoms with Crippen molar-refractivity contribution < 1.29 is 0 Å². The topological polar surface area (TPSA) is 12.0 Å². The van der Waals surface area contributed by atoms with Crippen molar-refractivity contribution in [3.8, 4) is 0 Å². The van der Waals surface area contributed by atoms with E-state index in [2.05, 4.69) is 43.9 Å². The molecule has 0 aliphatic carbocycles. The van der Waals surface area contributed by atoms with Gasteiger partial charge in [-0.1, -0.05) is 30.9 Å². The largest absolute Gasteiger partial charge is 0.388 e. The molecule has 14 heavy (non-hydrogen) atoms. The van der Waals surface area contributed by atoms with Gasteiger partial charge in [-0.3, -0.25) is 0 Å². The molecule has 1 nitrogen and oxygen atoms in total. The monoisotopic (exact) mass is 187 g/mol. The Morgan fingerprint density at radius 3 is 2.50 bits per heavy atom. The van der Waals surface area contributed by atoms with Crippen LogP contribution in [0.5, 0.6) is 0 Å². The average Bonchev–Trinajstić information content (AvgIpc) is 2.26. The van der Waals surface area contributed by atoms with Gasteiger partial charge in [-0.15, -0.1) is 0 Å². The van der Waals surface area contributed by atoms with Crippen molar-refractivity contribution in [2.45, 2.75) is 13.8 Å². The van der Waals surface area contributed by atoms with Crippen LogP contribution in [0.15, 0.2) is 42.5 Å². The zero-order valence-electron chi connectivity index (χ0n) is 9.09. The van der Waals surface area contributed by atoms with Gasteiger partial charge in [0.25, 0.3) is 0 Å². The maximum atomic E-state index is 3.78. The highest BCUT2D eigenvalue weighted by atomic mass is 14.8. The van der Waals surface area contributed by atoms with Crippen LogP contribution < -0.4 is 5.32 Å². The highest BCUT2D eigenvalue weighted by molar-refractivity contribution is 5.77. The van der Waals surface area contributed by atoms with Crippen LogP contribution in [0.25, 0.3) is 5.57 Å². The number of hydrogen-bond donors (Lipinski definition) is 1. The molecule has 1 N–H and O–H groups in total. The summed E-state index contributed by atoms with van der Waals surface area (Å²) >= 11 is 0. The zero-order valence-corrected chi connectivity index (χ0v) is 9.09. The van der Waals surface area contributed by atoms with Crippen molar-refractivity contribution in [1.29, 1.82) is 0 Å². The van der Waals surface area contributed by atoms with Crippen LogP contribution in [-0.2, 0) is 0 Å². The molecule has 0 fully saturated rings. The second-order valence-corrected chi connectivity index (χ2v) is 3.31. The minimum absolute atomic E-state index is 1.16. The second kappa shape index (κ2) is 4.66. The van der Waals surface area contributed by atoms with E-state index in [4.69, 9.17) is 0 Å². The number of nitrogens with one attached hydrogen (secondary N) is 1. The van der Waals surface area contributed by atoms with E-state index in [1.54, 1.807) is 0 Å². The molecule has 1 rings (SSSR count). The molecule has 0 unspecified atom stereocenters. The van der Waals surface area contributed by atoms with Gasteiger partial charge in [0.15, 0.2) is 0 Å². The molecule has 0 saturated carbocycles. The third-order valence-corrected chi connectivity index (χ3v) is 2.50. The van der Waals surface area contributed by atoms with Crippen LogP contribution in [0.3, 0.4) is 0 Å². The fourth-order valence-corrected chi connectivity index (χ4v) is 1.39. The Bertz CT molecular complexity index is 361. The first kappa shape index (κ1) is 10.6.